The van der Waals surface area contributed by atoms with Crippen LogP contribution in [0.2, 0.25) is 0 Å². The molecule has 6 heteroatoms. The Bertz CT molecular complexity index is 904. The number of fused-ring (bicyclic) bond motifs is 1. The maximum atomic E-state index is 12.2. The highest BCUT2D eigenvalue weighted by Gasteiger charge is 2.30. The van der Waals surface area contributed by atoms with Crippen molar-refractivity contribution in [1.29, 1.82) is 0 Å². The van der Waals surface area contributed by atoms with E-state index >= 15 is 0 Å². The van der Waals surface area contributed by atoms with Crippen LogP contribution in [0.4, 0.5) is 11.4 Å². The van der Waals surface area contributed by atoms with Gasteiger partial charge in [-0.3, -0.25) is 9.59 Å². The molecule has 1 aromatic rings. The van der Waals surface area contributed by atoms with E-state index in [9.17, 15) is 14.7 Å². The summed E-state index contributed by atoms with van der Waals surface area (Å²) >= 11 is 0. The van der Waals surface area contributed by atoms with Crippen molar-refractivity contribution in [2.75, 3.05) is 16.8 Å². The molecular formula is C28H43N3O3. The largest absolute Gasteiger partial charge is 0.480 e. The molecule has 2 unspecified atom stereocenters. The number of anilines is 2. The molecule has 0 fully saturated rings. The molecular weight excluding hydrogens is 426 g/mol. The lowest BCUT2D eigenvalue weighted by atomic mass is 10.0. The zero-order valence-electron chi connectivity index (χ0n) is 21.8. The summed E-state index contributed by atoms with van der Waals surface area (Å²) in [7, 11) is 0. The molecule has 0 aromatic heterocycles. The van der Waals surface area contributed by atoms with Crippen LogP contribution in [-0.2, 0) is 16.1 Å². The summed E-state index contributed by atoms with van der Waals surface area (Å²) in [5.41, 5.74) is 5.09. The van der Waals surface area contributed by atoms with Crippen LogP contribution in [0.25, 0.3) is 0 Å². The summed E-state index contributed by atoms with van der Waals surface area (Å²) in [6.07, 6.45) is 8.57. The standard InChI is InChI=1S/C28H43N3O3/c1-7-10-11-14-31-25-13-12-21(18-29-24(28(33)34)15-19(4)5)17-23(25)30-27(31)22(8-2)16-20(6)26(32)9-3/h8,12-13,16-17,19,24,27,29-30H,7,9-11,14-15,18H2,1-6H3,(H,33,34)/b20-16-,22-8+. The van der Waals surface area contributed by atoms with E-state index in [2.05, 4.69) is 46.7 Å². The van der Waals surface area contributed by atoms with Gasteiger partial charge in [-0.15, -0.1) is 0 Å². The van der Waals surface area contributed by atoms with Crippen molar-refractivity contribution in [3.8, 4) is 0 Å². The van der Waals surface area contributed by atoms with Crippen LogP contribution in [-0.4, -0.2) is 35.6 Å². The fourth-order valence-electron chi connectivity index (χ4n) is 4.38. The molecule has 1 aliphatic heterocycles. The normalized spacial score (nSPS) is 17.0. The van der Waals surface area contributed by atoms with Gasteiger partial charge in [-0.1, -0.05) is 52.7 Å². The number of carboxylic acids is 1. The van der Waals surface area contributed by atoms with E-state index < -0.39 is 12.0 Å². The number of unbranched alkanes of at least 4 members (excludes halogenated alkanes) is 2. The Morgan fingerprint density at radius 3 is 2.56 bits per heavy atom. The van der Waals surface area contributed by atoms with Gasteiger partial charge in [0.25, 0.3) is 0 Å². The third-order valence-electron chi connectivity index (χ3n) is 6.33. The first-order valence-corrected chi connectivity index (χ1v) is 12.7. The summed E-state index contributed by atoms with van der Waals surface area (Å²) < 4.78 is 0. The zero-order valence-corrected chi connectivity index (χ0v) is 21.8. The molecule has 0 aliphatic carbocycles. The van der Waals surface area contributed by atoms with Crippen LogP contribution in [0, 0.1) is 5.92 Å². The van der Waals surface area contributed by atoms with E-state index in [0.29, 0.717) is 25.3 Å². The third-order valence-corrected chi connectivity index (χ3v) is 6.33. The number of nitrogens with one attached hydrogen (secondary N) is 2. The van der Waals surface area contributed by atoms with Crippen LogP contribution in [0.15, 0.2) is 41.5 Å². The number of carboxylic acid groups (broad SMARTS) is 1. The van der Waals surface area contributed by atoms with Gasteiger partial charge >= 0.3 is 5.97 Å². The van der Waals surface area contributed by atoms with Crippen molar-refractivity contribution in [3.05, 3.63) is 47.1 Å². The van der Waals surface area contributed by atoms with Crippen LogP contribution < -0.4 is 15.5 Å². The number of hydrogen-bond donors (Lipinski definition) is 3. The number of Topliss-reactive ketones (excluding diaryl/α,β-unsaturated/α-hetero) is 1. The van der Waals surface area contributed by atoms with Gasteiger partial charge in [-0.2, -0.15) is 0 Å². The molecule has 34 heavy (non-hydrogen) atoms. The van der Waals surface area contributed by atoms with Gasteiger partial charge in [0.05, 0.1) is 11.4 Å². The molecule has 1 aromatic carbocycles. The van der Waals surface area contributed by atoms with E-state index in [4.69, 9.17) is 0 Å². The Balaban J connectivity index is 2.27. The van der Waals surface area contributed by atoms with Gasteiger partial charge in [0, 0.05) is 19.5 Å². The van der Waals surface area contributed by atoms with Crippen LogP contribution in [0.3, 0.4) is 0 Å². The molecule has 0 amide bonds. The Hall–Kier alpha value is -2.60. The summed E-state index contributed by atoms with van der Waals surface area (Å²) in [6.45, 7) is 13.5. The molecule has 188 valence electrons. The number of hydrogen-bond acceptors (Lipinski definition) is 5. The fraction of sp³-hybridized carbons (Fsp3) is 0.571. The van der Waals surface area contributed by atoms with Crippen molar-refractivity contribution in [1.82, 2.24) is 5.32 Å². The van der Waals surface area contributed by atoms with E-state index in [-0.39, 0.29) is 11.9 Å². The fourth-order valence-corrected chi connectivity index (χ4v) is 4.38. The maximum absolute atomic E-state index is 12.2. The molecule has 2 atom stereocenters. The van der Waals surface area contributed by atoms with Crippen LogP contribution >= 0.6 is 0 Å². The number of carbonyl (C=O) groups is 2. The maximum Gasteiger partial charge on any atom is 0.320 e. The Kier molecular flexibility index (Phi) is 10.8. The van der Waals surface area contributed by atoms with Crippen LogP contribution in [0.5, 0.6) is 0 Å². The summed E-state index contributed by atoms with van der Waals surface area (Å²) in [5.74, 6) is -0.338. The molecule has 0 saturated heterocycles. The average Bonchev–Trinajstić information content (AvgIpc) is 3.16. The SMILES string of the molecule is C/C=C(\C=C(\C)C(=O)CC)C1Nc2cc(CNC(CC(C)C)C(=O)O)ccc2N1CCCCC. The predicted octanol–water partition coefficient (Wildman–Crippen LogP) is 5.90. The molecule has 0 bridgehead atoms. The van der Waals surface area contributed by atoms with Gasteiger partial charge in [0.15, 0.2) is 5.78 Å². The first-order valence-electron chi connectivity index (χ1n) is 12.7. The number of allylic oxidation sites excluding steroid dienone is 2. The smallest absolute Gasteiger partial charge is 0.320 e. The highest BCUT2D eigenvalue weighted by Crippen LogP contribution is 2.38. The molecule has 0 radical (unpaired) electrons. The minimum absolute atomic E-state index is 0.0348. The minimum Gasteiger partial charge on any atom is -0.480 e. The van der Waals surface area contributed by atoms with Crippen molar-refractivity contribution in [3.63, 3.8) is 0 Å². The van der Waals surface area contributed by atoms with E-state index in [1.54, 1.807) is 0 Å². The first-order chi connectivity index (χ1) is 16.2. The van der Waals surface area contributed by atoms with Gasteiger partial charge in [0.1, 0.15) is 12.2 Å². The minimum atomic E-state index is -0.809. The van der Waals surface area contributed by atoms with Gasteiger partial charge < -0.3 is 20.6 Å². The predicted molar refractivity (Wildman–Crippen MR) is 141 cm³/mol. The second kappa shape index (κ2) is 13.3. The van der Waals surface area contributed by atoms with E-state index in [1.165, 1.54) is 6.42 Å². The number of nitrogens with zero attached hydrogens (tertiary/aromatic N) is 1. The lowest BCUT2D eigenvalue weighted by Crippen LogP contribution is -2.37. The van der Waals surface area contributed by atoms with Gasteiger partial charge in [0.2, 0.25) is 0 Å². The summed E-state index contributed by atoms with van der Waals surface area (Å²) in [5, 5.41) is 16.4. The summed E-state index contributed by atoms with van der Waals surface area (Å²) in [4.78, 5) is 26.2. The highest BCUT2D eigenvalue weighted by atomic mass is 16.4. The lowest BCUT2D eigenvalue weighted by Gasteiger charge is -2.28. The van der Waals surface area contributed by atoms with E-state index in [0.717, 1.165) is 47.5 Å². The number of benzene rings is 1. The van der Waals surface area contributed by atoms with Crippen molar-refractivity contribution in [2.24, 2.45) is 5.92 Å². The Morgan fingerprint density at radius 1 is 1.24 bits per heavy atom. The molecule has 0 spiro atoms. The number of aliphatic carboxylic acids is 1. The topological polar surface area (TPSA) is 81.7 Å². The number of ketones is 1. The summed E-state index contributed by atoms with van der Waals surface area (Å²) in [6, 6.07) is 5.77. The first kappa shape index (κ1) is 27.6. The van der Waals surface area contributed by atoms with Crippen molar-refractivity contribution in [2.45, 2.75) is 92.4 Å². The quantitative estimate of drug-likeness (QED) is 0.179. The number of rotatable bonds is 14. The monoisotopic (exact) mass is 469 g/mol. The molecule has 6 nitrogen and oxygen atoms in total. The average molecular weight is 470 g/mol. The second-order valence-corrected chi connectivity index (χ2v) is 9.59. The third kappa shape index (κ3) is 7.45. The van der Waals surface area contributed by atoms with Gasteiger partial charge in [-0.25, -0.2) is 0 Å². The molecule has 2 rings (SSSR count). The zero-order chi connectivity index (χ0) is 25.3. The highest BCUT2D eigenvalue weighted by molar-refractivity contribution is 5.95. The Morgan fingerprint density at radius 2 is 1.97 bits per heavy atom. The number of carbonyl (C=O) groups excluding carboxylic acids is 1. The van der Waals surface area contributed by atoms with Crippen molar-refractivity contribution >= 4 is 23.1 Å². The molecule has 1 aliphatic rings. The van der Waals surface area contributed by atoms with Crippen LogP contribution in [0.1, 0.15) is 79.2 Å². The lowest BCUT2D eigenvalue weighted by molar-refractivity contribution is -0.140. The van der Waals surface area contributed by atoms with E-state index in [1.807, 2.05) is 40.7 Å². The molecule has 0 saturated carbocycles. The van der Waals surface area contributed by atoms with Gasteiger partial charge in [-0.05, 0) is 67.5 Å². The Labute approximate surface area is 205 Å². The molecule has 3 N–H and O–H groups in total. The molecule has 1 heterocycles. The second-order valence-electron chi connectivity index (χ2n) is 9.59. The van der Waals surface area contributed by atoms with Crippen molar-refractivity contribution < 1.29 is 14.7 Å².